The van der Waals surface area contributed by atoms with Crippen molar-refractivity contribution in [2.45, 2.75) is 0 Å². The molecule has 14 heavy (non-hydrogen) atoms. The van der Waals surface area contributed by atoms with Crippen molar-refractivity contribution in [3.8, 4) is 0 Å². The molecule has 0 aliphatic heterocycles. The second-order valence-corrected chi connectivity index (χ2v) is 3.16. The Bertz CT molecular complexity index is 347. The third kappa shape index (κ3) is 2.41. The maximum atomic E-state index is 12.9. The summed E-state index contributed by atoms with van der Waals surface area (Å²) in [5.74, 6) is -1.59. The largest absolute Gasteiger partial charge is 0.453 e. The van der Waals surface area contributed by atoms with Crippen LogP contribution in [0.15, 0.2) is 16.6 Å². The molecule has 0 aromatic heterocycles. The van der Waals surface area contributed by atoms with Crippen molar-refractivity contribution >= 4 is 27.7 Å². The molecule has 0 fully saturated rings. The van der Waals surface area contributed by atoms with Gasteiger partial charge in [-0.2, -0.15) is 0 Å². The minimum absolute atomic E-state index is 0.00458. The maximum absolute atomic E-state index is 12.9. The Labute approximate surface area is 87.2 Å². The first-order valence-corrected chi connectivity index (χ1v) is 4.33. The Morgan fingerprint density at radius 3 is 2.36 bits per heavy atom. The van der Waals surface area contributed by atoms with Crippen LogP contribution in [0, 0.1) is 11.6 Å². The van der Waals surface area contributed by atoms with Crippen LogP contribution in [-0.2, 0) is 4.74 Å². The summed E-state index contributed by atoms with van der Waals surface area (Å²) in [4.78, 5) is 10.7. The van der Waals surface area contributed by atoms with E-state index < -0.39 is 17.7 Å². The standard InChI is InChI=1S/C8H6BrF2NO2/c1-14-8(13)12-4-2-5(10)7(9)6(11)3-4/h2-3H,1H3,(H,12,13). The zero-order chi connectivity index (χ0) is 10.7. The lowest BCUT2D eigenvalue weighted by molar-refractivity contribution is 0.187. The van der Waals surface area contributed by atoms with Gasteiger partial charge in [0.15, 0.2) is 0 Å². The number of anilines is 1. The molecule has 0 saturated carbocycles. The first-order valence-electron chi connectivity index (χ1n) is 3.54. The average Bonchev–Trinajstić information content (AvgIpc) is 2.14. The molecule has 0 aliphatic rings. The highest BCUT2D eigenvalue weighted by Gasteiger charge is 2.09. The highest BCUT2D eigenvalue weighted by Crippen LogP contribution is 2.23. The van der Waals surface area contributed by atoms with Gasteiger partial charge < -0.3 is 4.74 Å². The molecule has 0 bridgehead atoms. The van der Waals surface area contributed by atoms with Crippen molar-refractivity contribution in [3.05, 3.63) is 28.2 Å². The van der Waals surface area contributed by atoms with E-state index in [1.165, 1.54) is 0 Å². The number of carbonyl (C=O) groups is 1. The normalized spacial score (nSPS) is 9.71. The summed E-state index contributed by atoms with van der Waals surface area (Å²) in [6, 6.07) is 1.95. The van der Waals surface area contributed by atoms with Gasteiger partial charge in [0.2, 0.25) is 0 Å². The van der Waals surface area contributed by atoms with Crippen LogP contribution in [0.5, 0.6) is 0 Å². The second kappa shape index (κ2) is 4.36. The van der Waals surface area contributed by atoms with Crippen LogP contribution >= 0.6 is 15.9 Å². The Balaban J connectivity index is 2.95. The molecule has 0 radical (unpaired) electrons. The Kier molecular flexibility index (Phi) is 3.40. The van der Waals surface area contributed by atoms with Gasteiger partial charge in [0.05, 0.1) is 11.6 Å². The number of hydrogen-bond donors (Lipinski definition) is 1. The van der Waals surface area contributed by atoms with Crippen LogP contribution in [0.1, 0.15) is 0 Å². The van der Waals surface area contributed by atoms with Crippen LogP contribution in [0.3, 0.4) is 0 Å². The van der Waals surface area contributed by atoms with Crippen molar-refractivity contribution in [3.63, 3.8) is 0 Å². The molecular formula is C8H6BrF2NO2. The van der Waals surface area contributed by atoms with Crippen molar-refractivity contribution in [1.82, 2.24) is 0 Å². The van der Waals surface area contributed by atoms with Gasteiger partial charge in [-0.3, -0.25) is 5.32 Å². The average molecular weight is 266 g/mol. The van der Waals surface area contributed by atoms with Crippen molar-refractivity contribution < 1.29 is 18.3 Å². The molecule has 1 aromatic carbocycles. The van der Waals surface area contributed by atoms with Gasteiger partial charge in [0.1, 0.15) is 11.6 Å². The molecule has 1 rings (SSSR count). The second-order valence-electron chi connectivity index (χ2n) is 2.37. The number of ether oxygens (including phenoxy) is 1. The van der Waals surface area contributed by atoms with E-state index in [-0.39, 0.29) is 10.2 Å². The summed E-state index contributed by atoms with van der Waals surface area (Å²) in [6.07, 6.45) is -0.786. The lowest BCUT2D eigenvalue weighted by Gasteiger charge is -2.04. The number of amides is 1. The fourth-order valence-corrected chi connectivity index (χ4v) is 1.03. The van der Waals surface area contributed by atoms with Gasteiger partial charge in [-0.1, -0.05) is 0 Å². The number of halogens is 3. The molecular weight excluding hydrogens is 260 g/mol. The van der Waals surface area contributed by atoms with Gasteiger partial charge in [-0.25, -0.2) is 13.6 Å². The number of methoxy groups -OCH3 is 1. The molecule has 1 amide bonds. The molecule has 0 heterocycles. The van der Waals surface area contributed by atoms with E-state index >= 15 is 0 Å². The summed E-state index contributed by atoms with van der Waals surface area (Å²) in [6.45, 7) is 0. The maximum Gasteiger partial charge on any atom is 0.411 e. The van der Waals surface area contributed by atoms with E-state index in [1.54, 1.807) is 0 Å². The quantitative estimate of drug-likeness (QED) is 0.793. The first-order chi connectivity index (χ1) is 6.54. The van der Waals surface area contributed by atoms with E-state index in [2.05, 4.69) is 26.0 Å². The molecule has 0 atom stereocenters. The van der Waals surface area contributed by atoms with Crippen LogP contribution in [0.25, 0.3) is 0 Å². The van der Waals surface area contributed by atoms with Crippen molar-refractivity contribution in [2.75, 3.05) is 12.4 Å². The van der Waals surface area contributed by atoms with E-state index in [4.69, 9.17) is 0 Å². The van der Waals surface area contributed by atoms with Crippen LogP contribution in [0.4, 0.5) is 19.3 Å². The predicted molar refractivity (Wildman–Crippen MR) is 50.1 cm³/mol. The number of rotatable bonds is 1. The topological polar surface area (TPSA) is 38.3 Å². The zero-order valence-corrected chi connectivity index (χ0v) is 8.69. The Morgan fingerprint density at radius 2 is 1.93 bits per heavy atom. The predicted octanol–water partition coefficient (Wildman–Crippen LogP) is 2.91. The molecule has 1 N–H and O–H groups in total. The lowest BCUT2D eigenvalue weighted by atomic mass is 10.3. The molecule has 6 heteroatoms. The molecule has 0 saturated heterocycles. The van der Waals surface area contributed by atoms with Crippen LogP contribution < -0.4 is 5.32 Å². The van der Waals surface area contributed by atoms with E-state index in [1.807, 2.05) is 0 Å². The van der Waals surface area contributed by atoms with Crippen molar-refractivity contribution in [2.24, 2.45) is 0 Å². The molecule has 1 aromatic rings. The van der Waals surface area contributed by atoms with E-state index in [0.29, 0.717) is 0 Å². The summed E-state index contributed by atoms with van der Waals surface area (Å²) in [5.41, 5.74) is -0.00458. The minimum atomic E-state index is -0.795. The third-order valence-corrected chi connectivity index (χ3v) is 2.17. The van der Waals surface area contributed by atoms with Gasteiger partial charge in [-0.15, -0.1) is 0 Å². The van der Waals surface area contributed by atoms with Gasteiger partial charge in [0.25, 0.3) is 0 Å². The first kappa shape index (κ1) is 10.9. The SMILES string of the molecule is COC(=O)Nc1cc(F)c(Br)c(F)c1. The fraction of sp³-hybridized carbons (Fsp3) is 0.125. The molecule has 3 nitrogen and oxygen atoms in total. The third-order valence-electron chi connectivity index (χ3n) is 1.42. The summed E-state index contributed by atoms with van der Waals surface area (Å²) in [5, 5.41) is 2.14. The van der Waals surface area contributed by atoms with E-state index in [0.717, 1.165) is 19.2 Å². The number of carbonyl (C=O) groups excluding carboxylic acids is 1. The Hall–Kier alpha value is -1.17. The van der Waals surface area contributed by atoms with Gasteiger partial charge in [-0.05, 0) is 28.1 Å². The van der Waals surface area contributed by atoms with Crippen LogP contribution in [0.2, 0.25) is 0 Å². The van der Waals surface area contributed by atoms with Crippen LogP contribution in [-0.4, -0.2) is 13.2 Å². The molecule has 0 unspecified atom stereocenters. The fourth-order valence-electron chi connectivity index (χ4n) is 0.797. The highest BCUT2D eigenvalue weighted by molar-refractivity contribution is 9.10. The van der Waals surface area contributed by atoms with Crippen molar-refractivity contribution in [1.29, 1.82) is 0 Å². The Morgan fingerprint density at radius 1 is 1.43 bits per heavy atom. The van der Waals surface area contributed by atoms with Gasteiger partial charge >= 0.3 is 6.09 Å². The molecule has 0 spiro atoms. The monoisotopic (exact) mass is 265 g/mol. The zero-order valence-electron chi connectivity index (χ0n) is 7.11. The summed E-state index contributed by atoms with van der Waals surface area (Å²) in [7, 11) is 1.15. The smallest absolute Gasteiger partial charge is 0.411 e. The number of hydrogen-bond acceptors (Lipinski definition) is 2. The lowest BCUT2D eigenvalue weighted by Crippen LogP contribution is -2.11. The molecule has 0 aliphatic carbocycles. The van der Waals surface area contributed by atoms with Gasteiger partial charge in [0, 0.05) is 5.69 Å². The minimum Gasteiger partial charge on any atom is -0.453 e. The molecule has 76 valence electrons. The summed E-state index contributed by atoms with van der Waals surface area (Å²) >= 11 is 2.70. The summed E-state index contributed by atoms with van der Waals surface area (Å²) < 4.78 is 29.8. The number of nitrogens with one attached hydrogen (secondary N) is 1. The van der Waals surface area contributed by atoms with E-state index in [9.17, 15) is 13.6 Å². The number of benzene rings is 1. The highest BCUT2D eigenvalue weighted by atomic mass is 79.9.